The van der Waals surface area contributed by atoms with Gasteiger partial charge >= 0.3 is 6.03 Å². The van der Waals surface area contributed by atoms with E-state index in [-0.39, 0.29) is 12.6 Å². The normalized spacial score (nSPS) is 17.9. The molecule has 2 heterocycles. The van der Waals surface area contributed by atoms with E-state index in [9.17, 15) is 9.90 Å². The van der Waals surface area contributed by atoms with Crippen molar-refractivity contribution >= 4 is 11.7 Å². The molecular weight excluding hydrogens is 296 g/mol. The molecule has 3 N–H and O–H groups in total. The van der Waals surface area contributed by atoms with Gasteiger partial charge in [-0.1, -0.05) is 19.0 Å². The first-order valence-electron chi connectivity index (χ1n) is 8.40. The van der Waals surface area contributed by atoms with Crippen molar-refractivity contribution < 1.29 is 14.4 Å². The fraction of sp³-hybridized carbons (Fsp3) is 0.750. The maximum absolute atomic E-state index is 12.0. The second-order valence-corrected chi connectivity index (χ2v) is 6.39. The smallest absolute Gasteiger partial charge is 0.319 e. The molecule has 0 aromatic carbocycles. The number of aromatic nitrogens is 1. The summed E-state index contributed by atoms with van der Waals surface area (Å²) in [6.07, 6.45) is 2.44. The number of aryl methyl sites for hydroxylation is 2. The number of aliphatic hydroxyl groups is 1. The van der Waals surface area contributed by atoms with E-state index in [2.05, 4.69) is 27.6 Å². The number of hydrogen-bond donors (Lipinski definition) is 3. The molecule has 130 valence electrons. The van der Waals surface area contributed by atoms with Crippen molar-refractivity contribution in [3.8, 4) is 0 Å². The molecule has 0 bridgehead atoms. The third kappa shape index (κ3) is 5.21. The molecule has 1 aromatic heterocycles. The van der Waals surface area contributed by atoms with Gasteiger partial charge in [-0.2, -0.15) is 0 Å². The molecule has 1 aliphatic rings. The minimum Gasteiger partial charge on any atom is -0.390 e. The molecule has 2 rings (SSSR count). The summed E-state index contributed by atoms with van der Waals surface area (Å²) in [6.45, 7) is 8.84. The monoisotopic (exact) mass is 324 g/mol. The van der Waals surface area contributed by atoms with Gasteiger partial charge in [0.1, 0.15) is 11.4 Å². The summed E-state index contributed by atoms with van der Waals surface area (Å²) < 4.78 is 5.13. The number of β-amino-alcohol motifs (C(OH)–C–C–N with tert-alkyl or cyclic N) is 1. The van der Waals surface area contributed by atoms with E-state index in [4.69, 9.17) is 4.52 Å². The number of urea groups is 1. The summed E-state index contributed by atoms with van der Waals surface area (Å²) in [7, 11) is 0. The van der Waals surface area contributed by atoms with E-state index in [0.717, 1.165) is 19.0 Å². The fourth-order valence-electron chi connectivity index (χ4n) is 2.79. The number of anilines is 1. The highest BCUT2D eigenvalue weighted by atomic mass is 16.5. The molecule has 7 heteroatoms. The Morgan fingerprint density at radius 1 is 1.48 bits per heavy atom. The number of nitrogens with one attached hydrogen (secondary N) is 2. The topological polar surface area (TPSA) is 90.6 Å². The lowest BCUT2D eigenvalue weighted by atomic mass is 9.99. The molecular formula is C16H28N4O3. The molecule has 0 aliphatic carbocycles. The summed E-state index contributed by atoms with van der Waals surface area (Å²) in [5.41, 5.74) is 1.27. The van der Waals surface area contributed by atoms with Crippen LogP contribution >= 0.6 is 0 Å². The first kappa shape index (κ1) is 17.7. The summed E-state index contributed by atoms with van der Waals surface area (Å²) >= 11 is 0. The number of rotatable bonds is 6. The van der Waals surface area contributed by atoms with E-state index in [0.29, 0.717) is 30.1 Å². The highest BCUT2D eigenvalue weighted by molar-refractivity contribution is 5.90. The summed E-state index contributed by atoms with van der Waals surface area (Å²) in [4.78, 5) is 14.2. The number of amides is 2. The first-order valence-corrected chi connectivity index (χ1v) is 8.40. The van der Waals surface area contributed by atoms with Gasteiger partial charge in [-0.05, 0) is 38.8 Å². The molecule has 0 radical (unpaired) electrons. The van der Waals surface area contributed by atoms with E-state index < -0.39 is 6.10 Å². The molecule has 1 atom stereocenters. The molecule has 7 nitrogen and oxygen atoms in total. The quantitative estimate of drug-likeness (QED) is 0.742. The number of hydrogen-bond acceptors (Lipinski definition) is 5. The molecule has 1 aliphatic heterocycles. The molecule has 0 saturated carbocycles. The SMILES string of the molecule is CCc1onc(C)c1NC(=O)NCC(O)CN1CCC(C)CC1. The minimum absolute atomic E-state index is 0.226. The van der Waals surface area contributed by atoms with Crippen LogP contribution in [0.15, 0.2) is 4.52 Å². The summed E-state index contributed by atoms with van der Waals surface area (Å²) in [5.74, 6) is 1.42. The van der Waals surface area contributed by atoms with E-state index in [1.807, 2.05) is 6.92 Å². The lowest BCUT2D eigenvalue weighted by Crippen LogP contribution is -2.43. The van der Waals surface area contributed by atoms with E-state index in [1.165, 1.54) is 12.8 Å². The van der Waals surface area contributed by atoms with Crippen molar-refractivity contribution in [3.05, 3.63) is 11.5 Å². The van der Waals surface area contributed by atoms with Gasteiger partial charge in [0.2, 0.25) is 0 Å². The highest BCUT2D eigenvalue weighted by Crippen LogP contribution is 2.20. The van der Waals surface area contributed by atoms with Crippen molar-refractivity contribution in [2.45, 2.75) is 46.1 Å². The van der Waals surface area contributed by atoms with Gasteiger partial charge in [0.05, 0.1) is 6.10 Å². The predicted molar refractivity (Wildman–Crippen MR) is 88.5 cm³/mol. The van der Waals surface area contributed by atoms with Gasteiger partial charge < -0.3 is 25.2 Å². The van der Waals surface area contributed by atoms with Crippen molar-refractivity contribution in [1.82, 2.24) is 15.4 Å². The van der Waals surface area contributed by atoms with Gasteiger partial charge in [-0.15, -0.1) is 0 Å². The second kappa shape index (κ2) is 8.31. The summed E-state index contributed by atoms with van der Waals surface area (Å²) in [5, 5.41) is 19.4. The van der Waals surface area contributed by atoms with Crippen LogP contribution in [0.3, 0.4) is 0 Å². The van der Waals surface area contributed by atoms with Crippen molar-refractivity contribution in [2.24, 2.45) is 5.92 Å². The Morgan fingerprint density at radius 2 is 2.17 bits per heavy atom. The molecule has 23 heavy (non-hydrogen) atoms. The molecule has 1 fully saturated rings. The zero-order chi connectivity index (χ0) is 16.8. The Kier molecular flexibility index (Phi) is 6.41. The van der Waals surface area contributed by atoms with Crippen LogP contribution in [0.2, 0.25) is 0 Å². The lowest BCUT2D eigenvalue weighted by Gasteiger charge is -2.31. The van der Waals surface area contributed by atoms with Gasteiger partial charge in [0.25, 0.3) is 0 Å². The Hall–Kier alpha value is -1.60. The Bertz CT molecular complexity index is 509. The zero-order valence-electron chi connectivity index (χ0n) is 14.3. The average Bonchev–Trinajstić information content (AvgIpc) is 2.88. The fourth-order valence-corrected chi connectivity index (χ4v) is 2.79. The molecule has 0 spiro atoms. The Labute approximate surface area is 137 Å². The molecule has 1 unspecified atom stereocenters. The number of aliphatic hydroxyl groups excluding tert-OH is 1. The van der Waals surface area contributed by atoms with Crippen LogP contribution in [0.25, 0.3) is 0 Å². The van der Waals surface area contributed by atoms with Crippen molar-refractivity contribution in [1.29, 1.82) is 0 Å². The van der Waals surface area contributed by atoms with Crippen molar-refractivity contribution in [2.75, 3.05) is 31.5 Å². The van der Waals surface area contributed by atoms with Gasteiger partial charge in [-0.25, -0.2) is 4.79 Å². The number of carbonyl (C=O) groups excluding carboxylic acids is 1. The third-order valence-corrected chi connectivity index (χ3v) is 4.34. The standard InChI is InChI=1S/C16H28N4O3/c1-4-14-15(12(3)19-23-14)18-16(22)17-9-13(21)10-20-7-5-11(2)6-8-20/h11,13,21H,4-10H2,1-3H3,(H2,17,18,22). The number of likely N-dealkylation sites (tertiary alicyclic amines) is 1. The van der Waals surface area contributed by atoms with Crippen molar-refractivity contribution in [3.63, 3.8) is 0 Å². The maximum atomic E-state index is 12.0. The molecule has 2 amide bonds. The first-order chi connectivity index (χ1) is 11.0. The number of piperidine rings is 1. The Balaban J connectivity index is 1.72. The second-order valence-electron chi connectivity index (χ2n) is 6.39. The largest absolute Gasteiger partial charge is 0.390 e. The predicted octanol–water partition coefficient (Wildman–Crippen LogP) is 1.76. The van der Waals surface area contributed by atoms with Crippen LogP contribution in [-0.4, -0.2) is 53.5 Å². The summed E-state index contributed by atoms with van der Waals surface area (Å²) in [6, 6.07) is -0.350. The van der Waals surface area contributed by atoms with Gasteiger partial charge in [0.15, 0.2) is 5.76 Å². The molecule has 1 aromatic rings. The van der Waals surface area contributed by atoms with Gasteiger partial charge in [-0.3, -0.25) is 0 Å². The number of nitrogens with zero attached hydrogens (tertiary/aromatic N) is 2. The Morgan fingerprint density at radius 3 is 2.83 bits per heavy atom. The van der Waals surface area contributed by atoms with Gasteiger partial charge in [0, 0.05) is 19.5 Å². The minimum atomic E-state index is -0.566. The van der Waals surface area contributed by atoms with Crippen LogP contribution in [0.1, 0.15) is 38.1 Å². The zero-order valence-corrected chi connectivity index (χ0v) is 14.3. The average molecular weight is 324 g/mol. The van der Waals surface area contributed by atoms with Crippen LogP contribution in [0.5, 0.6) is 0 Å². The van der Waals surface area contributed by atoms with Crippen LogP contribution in [-0.2, 0) is 6.42 Å². The van der Waals surface area contributed by atoms with E-state index in [1.54, 1.807) is 6.92 Å². The lowest BCUT2D eigenvalue weighted by molar-refractivity contribution is 0.0924. The number of carbonyl (C=O) groups is 1. The highest BCUT2D eigenvalue weighted by Gasteiger charge is 2.19. The van der Waals surface area contributed by atoms with E-state index >= 15 is 0 Å². The molecule has 1 saturated heterocycles. The maximum Gasteiger partial charge on any atom is 0.319 e. The van der Waals surface area contributed by atoms with Crippen LogP contribution in [0, 0.1) is 12.8 Å². The van der Waals surface area contributed by atoms with Crippen LogP contribution in [0.4, 0.5) is 10.5 Å². The van der Waals surface area contributed by atoms with Crippen LogP contribution < -0.4 is 10.6 Å². The third-order valence-electron chi connectivity index (χ3n) is 4.34.